The molecule has 7 heteroatoms. The van der Waals surface area contributed by atoms with Crippen molar-refractivity contribution in [3.63, 3.8) is 0 Å². The smallest absolute Gasteiger partial charge is 0.196 e. The van der Waals surface area contributed by atoms with Crippen LogP contribution in [0.2, 0.25) is 0 Å². The highest BCUT2D eigenvalue weighted by atomic mass is 127. The maximum Gasteiger partial charge on any atom is 0.196 e. The number of aliphatic imine (C=N–C) groups is 1. The Morgan fingerprint density at radius 3 is 2.39 bits per heavy atom. The lowest BCUT2D eigenvalue weighted by Crippen LogP contribution is -2.35. The molecule has 0 amide bonds. The van der Waals surface area contributed by atoms with Gasteiger partial charge in [0.15, 0.2) is 5.96 Å². The summed E-state index contributed by atoms with van der Waals surface area (Å²) in [6.45, 7) is 12.1. The third-order valence-electron chi connectivity index (χ3n) is 4.86. The van der Waals surface area contributed by atoms with Gasteiger partial charge in [-0.05, 0) is 56.2 Å². The summed E-state index contributed by atoms with van der Waals surface area (Å²) in [6, 6.07) is 16.5. The number of morpholine rings is 1. The van der Waals surface area contributed by atoms with Gasteiger partial charge in [-0.3, -0.25) is 4.90 Å². The number of hydrogen-bond donors (Lipinski definition) is 2. The summed E-state index contributed by atoms with van der Waals surface area (Å²) in [5.74, 6) is 1.64. The number of nitrogens with zero attached hydrogens (tertiary/aromatic N) is 2. The van der Waals surface area contributed by atoms with Crippen LogP contribution in [0, 0.1) is 0 Å². The Morgan fingerprint density at radius 1 is 1.06 bits per heavy atom. The highest BCUT2D eigenvalue weighted by molar-refractivity contribution is 14.0. The Bertz CT molecular complexity index is 805. The SMILES string of the molecule is CCNC(=NCc1ccccc1CN1CCOCC1)Nc1ccc(OC(C)C)cc1.I. The number of rotatable bonds is 8. The van der Waals surface area contributed by atoms with Crippen molar-refractivity contribution in [3.8, 4) is 5.75 Å². The Labute approximate surface area is 203 Å². The molecule has 1 aliphatic rings. The third-order valence-corrected chi connectivity index (χ3v) is 4.86. The molecular formula is C24H35IN4O2. The Kier molecular flexibility index (Phi) is 11.1. The molecule has 0 saturated carbocycles. The number of ether oxygens (including phenoxy) is 2. The van der Waals surface area contributed by atoms with Gasteiger partial charge in [0.2, 0.25) is 0 Å². The molecule has 2 aromatic rings. The first-order chi connectivity index (χ1) is 14.6. The van der Waals surface area contributed by atoms with Crippen molar-refractivity contribution < 1.29 is 9.47 Å². The fraction of sp³-hybridized carbons (Fsp3) is 0.458. The Balaban J connectivity index is 0.00000341. The molecule has 0 aromatic heterocycles. The lowest BCUT2D eigenvalue weighted by molar-refractivity contribution is 0.0341. The Hall–Kier alpha value is -1.84. The van der Waals surface area contributed by atoms with Crippen molar-refractivity contribution in [3.05, 3.63) is 59.7 Å². The molecule has 170 valence electrons. The van der Waals surface area contributed by atoms with E-state index in [0.717, 1.165) is 56.8 Å². The molecule has 1 saturated heterocycles. The molecule has 6 nitrogen and oxygen atoms in total. The van der Waals surface area contributed by atoms with Crippen LogP contribution in [0.1, 0.15) is 31.9 Å². The van der Waals surface area contributed by atoms with E-state index in [1.165, 1.54) is 11.1 Å². The summed E-state index contributed by atoms with van der Waals surface area (Å²) in [7, 11) is 0. The monoisotopic (exact) mass is 538 g/mol. The van der Waals surface area contributed by atoms with Crippen LogP contribution in [0.5, 0.6) is 5.75 Å². The predicted molar refractivity (Wildman–Crippen MR) is 139 cm³/mol. The fourth-order valence-corrected chi connectivity index (χ4v) is 3.36. The molecule has 1 aliphatic heterocycles. The highest BCUT2D eigenvalue weighted by Gasteiger charge is 2.12. The first-order valence-corrected chi connectivity index (χ1v) is 10.8. The zero-order chi connectivity index (χ0) is 21.2. The average molecular weight is 538 g/mol. The van der Waals surface area contributed by atoms with Gasteiger partial charge in [0.25, 0.3) is 0 Å². The van der Waals surface area contributed by atoms with Crippen molar-refractivity contribution >= 4 is 35.6 Å². The molecule has 0 radical (unpaired) electrons. The number of anilines is 1. The lowest BCUT2D eigenvalue weighted by atomic mass is 10.1. The highest BCUT2D eigenvalue weighted by Crippen LogP contribution is 2.17. The molecule has 1 heterocycles. The van der Waals surface area contributed by atoms with Gasteiger partial charge < -0.3 is 20.1 Å². The van der Waals surface area contributed by atoms with E-state index >= 15 is 0 Å². The van der Waals surface area contributed by atoms with E-state index in [1.807, 2.05) is 38.1 Å². The summed E-state index contributed by atoms with van der Waals surface area (Å²) < 4.78 is 11.2. The largest absolute Gasteiger partial charge is 0.491 e. The third kappa shape index (κ3) is 8.66. The van der Waals surface area contributed by atoms with Crippen molar-refractivity contribution in [2.75, 3.05) is 38.2 Å². The minimum absolute atomic E-state index is 0. The van der Waals surface area contributed by atoms with Crippen LogP contribution in [0.15, 0.2) is 53.5 Å². The number of guanidine groups is 1. The van der Waals surface area contributed by atoms with Crippen molar-refractivity contribution in [2.24, 2.45) is 4.99 Å². The van der Waals surface area contributed by atoms with Crippen LogP contribution >= 0.6 is 24.0 Å². The standard InChI is InChI=1S/C24H34N4O2.HI/c1-4-25-24(27-22-9-11-23(12-10-22)30-19(2)3)26-17-20-7-5-6-8-21(20)18-28-13-15-29-16-14-28;/h5-12,19H,4,13-18H2,1-3H3,(H2,25,26,27);1H. The zero-order valence-corrected chi connectivity index (χ0v) is 21.1. The maximum atomic E-state index is 5.72. The molecule has 1 fully saturated rings. The molecular weight excluding hydrogens is 503 g/mol. The minimum atomic E-state index is 0. The summed E-state index contributed by atoms with van der Waals surface area (Å²) in [4.78, 5) is 7.26. The molecule has 0 atom stereocenters. The van der Waals surface area contributed by atoms with Gasteiger partial charge in [-0.25, -0.2) is 4.99 Å². The van der Waals surface area contributed by atoms with E-state index in [4.69, 9.17) is 14.5 Å². The van der Waals surface area contributed by atoms with E-state index in [0.29, 0.717) is 6.54 Å². The Morgan fingerprint density at radius 2 is 1.74 bits per heavy atom. The van der Waals surface area contributed by atoms with Gasteiger partial charge in [-0.15, -0.1) is 24.0 Å². The predicted octanol–water partition coefficient (Wildman–Crippen LogP) is 4.50. The maximum absolute atomic E-state index is 5.72. The van der Waals surface area contributed by atoms with Crippen LogP contribution in [0.3, 0.4) is 0 Å². The van der Waals surface area contributed by atoms with Gasteiger partial charge in [-0.1, -0.05) is 24.3 Å². The van der Waals surface area contributed by atoms with Gasteiger partial charge in [-0.2, -0.15) is 0 Å². The molecule has 0 unspecified atom stereocenters. The fourth-order valence-electron chi connectivity index (χ4n) is 3.36. The second-order valence-corrected chi connectivity index (χ2v) is 7.67. The van der Waals surface area contributed by atoms with Gasteiger partial charge in [0.1, 0.15) is 5.75 Å². The first kappa shape index (κ1) is 25.4. The normalized spacial score (nSPS) is 14.8. The lowest BCUT2D eigenvalue weighted by Gasteiger charge is -2.27. The number of benzene rings is 2. The molecule has 0 bridgehead atoms. The summed E-state index contributed by atoms with van der Waals surface area (Å²) in [5, 5.41) is 6.72. The summed E-state index contributed by atoms with van der Waals surface area (Å²) in [5.41, 5.74) is 3.56. The first-order valence-electron chi connectivity index (χ1n) is 10.8. The van der Waals surface area contributed by atoms with Crippen molar-refractivity contribution in [1.29, 1.82) is 0 Å². The topological polar surface area (TPSA) is 58.1 Å². The van der Waals surface area contributed by atoms with Crippen molar-refractivity contribution in [2.45, 2.75) is 40.0 Å². The van der Waals surface area contributed by atoms with E-state index in [2.05, 4.69) is 46.7 Å². The van der Waals surface area contributed by atoms with Crippen molar-refractivity contribution in [1.82, 2.24) is 10.2 Å². The summed E-state index contributed by atoms with van der Waals surface area (Å²) >= 11 is 0. The van der Waals surface area contributed by atoms with Crippen LogP contribution in [-0.4, -0.2) is 49.8 Å². The zero-order valence-electron chi connectivity index (χ0n) is 18.8. The number of nitrogens with one attached hydrogen (secondary N) is 2. The average Bonchev–Trinajstić information content (AvgIpc) is 2.75. The van der Waals surface area contributed by atoms with Crippen LogP contribution in [-0.2, 0) is 17.8 Å². The molecule has 31 heavy (non-hydrogen) atoms. The van der Waals surface area contributed by atoms with Gasteiger partial charge in [0, 0.05) is 31.9 Å². The van der Waals surface area contributed by atoms with Crippen LogP contribution in [0.25, 0.3) is 0 Å². The van der Waals surface area contributed by atoms with E-state index in [1.54, 1.807) is 0 Å². The van der Waals surface area contributed by atoms with Crippen LogP contribution in [0.4, 0.5) is 5.69 Å². The minimum Gasteiger partial charge on any atom is -0.491 e. The second-order valence-electron chi connectivity index (χ2n) is 7.67. The van der Waals surface area contributed by atoms with Crippen LogP contribution < -0.4 is 15.4 Å². The van der Waals surface area contributed by atoms with Gasteiger partial charge in [0.05, 0.1) is 25.9 Å². The molecule has 0 aliphatic carbocycles. The van der Waals surface area contributed by atoms with E-state index in [9.17, 15) is 0 Å². The van der Waals surface area contributed by atoms with E-state index in [-0.39, 0.29) is 30.1 Å². The molecule has 0 spiro atoms. The summed E-state index contributed by atoms with van der Waals surface area (Å²) in [6.07, 6.45) is 0.167. The quantitative estimate of drug-likeness (QED) is 0.295. The second kappa shape index (κ2) is 13.5. The molecule has 3 rings (SSSR count). The molecule has 2 aromatic carbocycles. The van der Waals surface area contributed by atoms with E-state index < -0.39 is 0 Å². The number of hydrogen-bond acceptors (Lipinski definition) is 4. The van der Waals surface area contributed by atoms with Gasteiger partial charge >= 0.3 is 0 Å². The molecule has 2 N–H and O–H groups in total. The number of halogens is 1.